The molecule has 14 nitrogen and oxygen atoms in total. The molecule has 0 unspecified atom stereocenters. The Balaban J connectivity index is 2.36. The lowest BCUT2D eigenvalue weighted by Gasteiger charge is -2.24. The van der Waals surface area contributed by atoms with Crippen LogP contribution in [0.25, 0.3) is 0 Å². The highest BCUT2D eigenvalue weighted by Crippen LogP contribution is 2.20. The van der Waals surface area contributed by atoms with Gasteiger partial charge in [0.15, 0.2) is 17.5 Å². The molecule has 0 aliphatic carbocycles. The molecule has 2 aliphatic heterocycles. The fraction of sp³-hybridized carbons (Fsp3) is 0.500. The number of ketones is 2. The first-order chi connectivity index (χ1) is 20.8. The van der Waals surface area contributed by atoms with Gasteiger partial charge in [0.25, 0.3) is 0 Å². The zero-order valence-corrected chi connectivity index (χ0v) is 24.8. The predicted octanol–water partition coefficient (Wildman–Crippen LogP) is 0.112. The van der Waals surface area contributed by atoms with Gasteiger partial charge in [0.1, 0.15) is 12.4 Å². The third-order valence-corrected chi connectivity index (χ3v) is 7.08. The SMILES string of the molecule is CC(=O)N[C@H]1Cc2ccc(cc2)OC/C=C\C[C@@H](C(=O)C[C@@H](CCCN=C(N)N)C(=O)O)NC(=O)[C@H](CCC(N)=O)CC1=O. The van der Waals surface area contributed by atoms with Crippen LogP contribution in [0.4, 0.5) is 0 Å². The Morgan fingerprint density at radius 3 is 2.41 bits per heavy atom. The molecule has 3 rings (SSSR count). The van der Waals surface area contributed by atoms with E-state index in [9.17, 15) is 33.9 Å². The summed E-state index contributed by atoms with van der Waals surface area (Å²) in [6, 6.07) is 4.91. The van der Waals surface area contributed by atoms with Crippen molar-refractivity contribution in [1.29, 1.82) is 0 Å². The number of carboxylic acids is 1. The summed E-state index contributed by atoms with van der Waals surface area (Å²) in [6.45, 7) is 1.63. The van der Waals surface area contributed by atoms with Gasteiger partial charge in [0.2, 0.25) is 17.7 Å². The number of carboxylic acid groups (broad SMARTS) is 1. The molecule has 1 aromatic rings. The van der Waals surface area contributed by atoms with Crippen LogP contribution in [-0.4, -0.2) is 71.6 Å². The van der Waals surface area contributed by atoms with Crippen molar-refractivity contribution in [2.24, 2.45) is 34.0 Å². The standard InChI is InChI=1S/C30H42N6O8/c1-18(37)35-24-15-19-7-10-22(11-8-19)44-14-3-2-6-23(36-28(41)20(16-26(24)39)9-12-27(31)40)25(38)17-21(29(42)43)5-4-13-34-30(32)33/h2-3,7-8,10-11,20-21,23-24H,4-6,9,12-17H2,1H3,(H2,31,40)(H,35,37)(H,36,41)(H,42,43)(H4,32,33,34)/b3-2-/t20-,21-,23+,24+/m1/s1. The Kier molecular flexibility index (Phi) is 14.5. The van der Waals surface area contributed by atoms with Crippen molar-refractivity contribution in [1.82, 2.24) is 10.6 Å². The maximum atomic E-state index is 13.5. The third-order valence-electron chi connectivity index (χ3n) is 7.08. The van der Waals surface area contributed by atoms with E-state index in [-0.39, 0.29) is 64.1 Å². The van der Waals surface area contributed by atoms with E-state index in [1.54, 1.807) is 36.4 Å². The van der Waals surface area contributed by atoms with Crippen molar-refractivity contribution in [3.8, 4) is 5.75 Å². The molecule has 44 heavy (non-hydrogen) atoms. The first-order valence-corrected chi connectivity index (χ1v) is 14.4. The van der Waals surface area contributed by atoms with E-state index >= 15 is 0 Å². The summed E-state index contributed by atoms with van der Waals surface area (Å²) in [6.07, 6.45) is 2.99. The molecular weight excluding hydrogens is 572 g/mol. The Morgan fingerprint density at radius 2 is 1.80 bits per heavy atom. The number of Topliss-reactive ketones (excluding diaryl/α,β-unsaturated/α-hetero) is 2. The summed E-state index contributed by atoms with van der Waals surface area (Å²) in [5.74, 6) is -5.57. The minimum absolute atomic E-state index is 0.0260. The number of benzene rings is 1. The van der Waals surface area contributed by atoms with Gasteiger partial charge in [-0.2, -0.15) is 0 Å². The maximum Gasteiger partial charge on any atom is 0.306 e. The fourth-order valence-electron chi connectivity index (χ4n) is 4.72. The molecule has 4 atom stereocenters. The van der Waals surface area contributed by atoms with Crippen LogP contribution in [0.2, 0.25) is 0 Å². The van der Waals surface area contributed by atoms with Crippen LogP contribution < -0.4 is 32.6 Å². The second-order valence-corrected chi connectivity index (χ2v) is 10.7. The second kappa shape index (κ2) is 18.0. The van der Waals surface area contributed by atoms with Gasteiger partial charge in [-0.05, 0) is 49.8 Å². The van der Waals surface area contributed by atoms with E-state index in [0.29, 0.717) is 12.2 Å². The number of hydrogen-bond acceptors (Lipinski definition) is 8. The van der Waals surface area contributed by atoms with Crippen molar-refractivity contribution in [3.63, 3.8) is 0 Å². The van der Waals surface area contributed by atoms with Crippen molar-refractivity contribution in [2.45, 2.75) is 70.4 Å². The number of nitrogens with two attached hydrogens (primary N) is 3. The molecule has 240 valence electrons. The molecule has 0 aromatic heterocycles. The highest BCUT2D eigenvalue weighted by molar-refractivity contribution is 5.95. The van der Waals surface area contributed by atoms with E-state index in [4.69, 9.17) is 21.9 Å². The molecular formula is C30H42N6O8. The summed E-state index contributed by atoms with van der Waals surface area (Å²) in [5.41, 5.74) is 16.7. The molecule has 0 spiro atoms. The lowest BCUT2D eigenvalue weighted by Crippen LogP contribution is -2.47. The number of hydrogen-bond donors (Lipinski definition) is 6. The number of ether oxygens (including phenoxy) is 1. The number of guanidine groups is 1. The number of amides is 3. The molecule has 0 fully saturated rings. The number of aliphatic carboxylic acids is 1. The van der Waals surface area contributed by atoms with Crippen LogP contribution in [0.3, 0.4) is 0 Å². The normalized spacial score (nSPS) is 20.7. The highest BCUT2D eigenvalue weighted by Gasteiger charge is 2.31. The molecule has 14 heteroatoms. The lowest BCUT2D eigenvalue weighted by molar-refractivity contribution is -0.144. The van der Waals surface area contributed by atoms with Crippen LogP contribution in [0.5, 0.6) is 5.75 Å². The number of nitrogens with zero attached hydrogens (tertiary/aromatic N) is 1. The molecule has 2 aliphatic rings. The molecule has 9 N–H and O–H groups in total. The minimum Gasteiger partial charge on any atom is -0.490 e. The van der Waals surface area contributed by atoms with E-state index < -0.39 is 59.2 Å². The number of nitrogens with one attached hydrogen (secondary N) is 2. The topological polar surface area (TPSA) is 246 Å². The zero-order valence-electron chi connectivity index (χ0n) is 24.8. The van der Waals surface area contributed by atoms with E-state index in [0.717, 1.165) is 5.56 Å². The maximum absolute atomic E-state index is 13.5. The predicted molar refractivity (Wildman–Crippen MR) is 161 cm³/mol. The van der Waals surface area contributed by atoms with E-state index in [2.05, 4.69) is 15.6 Å². The number of carbonyl (C=O) groups is 6. The van der Waals surface area contributed by atoms with Gasteiger partial charge >= 0.3 is 5.97 Å². The largest absolute Gasteiger partial charge is 0.490 e. The lowest BCUT2D eigenvalue weighted by atomic mass is 9.89. The van der Waals surface area contributed by atoms with Crippen molar-refractivity contribution in [2.75, 3.05) is 13.2 Å². The average molecular weight is 615 g/mol. The van der Waals surface area contributed by atoms with Crippen LogP contribution in [-0.2, 0) is 35.2 Å². The van der Waals surface area contributed by atoms with Gasteiger partial charge in [0.05, 0.1) is 18.0 Å². The van der Waals surface area contributed by atoms with Crippen molar-refractivity contribution >= 4 is 41.2 Å². The van der Waals surface area contributed by atoms with Crippen LogP contribution in [0, 0.1) is 11.8 Å². The summed E-state index contributed by atoms with van der Waals surface area (Å²) in [4.78, 5) is 79.5. The molecule has 1 aromatic carbocycles. The van der Waals surface area contributed by atoms with Gasteiger partial charge in [0, 0.05) is 38.6 Å². The van der Waals surface area contributed by atoms with Crippen molar-refractivity contribution < 1.29 is 38.6 Å². The molecule has 0 saturated heterocycles. The fourth-order valence-corrected chi connectivity index (χ4v) is 4.72. The first kappa shape index (κ1) is 35.4. The number of primary amides is 1. The first-order valence-electron chi connectivity index (χ1n) is 14.4. The third kappa shape index (κ3) is 13.0. The van der Waals surface area contributed by atoms with E-state index in [1.807, 2.05) is 0 Å². The van der Waals surface area contributed by atoms with Crippen LogP contribution >= 0.6 is 0 Å². The summed E-state index contributed by atoms with van der Waals surface area (Å²) in [5, 5.41) is 15.0. The van der Waals surface area contributed by atoms with E-state index in [1.165, 1.54) is 6.92 Å². The molecule has 2 bridgehead atoms. The Bertz CT molecular complexity index is 1240. The summed E-state index contributed by atoms with van der Waals surface area (Å²) in [7, 11) is 0. The quantitative estimate of drug-likeness (QED) is 0.0802. The summed E-state index contributed by atoms with van der Waals surface area (Å²) >= 11 is 0. The zero-order chi connectivity index (χ0) is 32.6. The van der Waals surface area contributed by atoms with Crippen LogP contribution in [0.1, 0.15) is 57.4 Å². The summed E-state index contributed by atoms with van der Waals surface area (Å²) < 4.78 is 5.71. The number of carbonyl (C=O) groups excluding carboxylic acids is 5. The minimum atomic E-state index is -1.18. The number of aliphatic imine (C=N–C) groups is 1. The monoisotopic (exact) mass is 614 g/mol. The number of fused-ring (bicyclic) bond motifs is 13. The van der Waals surface area contributed by atoms with Gasteiger partial charge < -0.3 is 37.7 Å². The Hall–Kier alpha value is -4.75. The molecule has 0 radical (unpaired) electrons. The molecule has 0 saturated carbocycles. The van der Waals surface area contributed by atoms with Crippen LogP contribution in [0.15, 0.2) is 41.4 Å². The smallest absolute Gasteiger partial charge is 0.306 e. The Morgan fingerprint density at radius 1 is 1.09 bits per heavy atom. The molecule has 2 heterocycles. The molecule has 3 amide bonds. The van der Waals surface area contributed by atoms with Gasteiger partial charge in [-0.1, -0.05) is 24.3 Å². The second-order valence-electron chi connectivity index (χ2n) is 10.7. The van der Waals surface area contributed by atoms with Crippen molar-refractivity contribution in [3.05, 3.63) is 42.0 Å². The number of rotatable bonds is 12. The Labute approximate surface area is 255 Å². The average Bonchev–Trinajstić information content (AvgIpc) is 2.95. The van der Waals surface area contributed by atoms with Gasteiger partial charge in [-0.25, -0.2) is 0 Å². The highest BCUT2D eigenvalue weighted by atomic mass is 16.5. The van der Waals surface area contributed by atoms with Gasteiger partial charge in [-0.3, -0.25) is 33.8 Å². The van der Waals surface area contributed by atoms with Gasteiger partial charge in [-0.15, -0.1) is 0 Å².